The number of rotatable bonds is 2. The summed E-state index contributed by atoms with van der Waals surface area (Å²) in [5.74, 6) is -0.0850. The third-order valence-corrected chi connectivity index (χ3v) is 9.38. The van der Waals surface area contributed by atoms with Gasteiger partial charge in [-0.1, -0.05) is 50.2 Å². The number of Topliss-reactive ketones (excluding diaryl/α,β-unsaturated/α-hetero) is 1. The summed E-state index contributed by atoms with van der Waals surface area (Å²) in [7, 11) is 0. The molecule has 3 nitrogen and oxygen atoms in total. The monoisotopic (exact) mass is 505 g/mol. The van der Waals surface area contributed by atoms with Crippen LogP contribution >= 0.6 is 22.7 Å². The number of ketones is 1. The van der Waals surface area contributed by atoms with Gasteiger partial charge in [-0.05, 0) is 76.0 Å². The normalized spacial score (nSPS) is 19.0. The van der Waals surface area contributed by atoms with E-state index in [0.29, 0.717) is 16.7 Å². The van der Waals surface area contributed by atoms with Crippen molar-refractivity contribution in [2.45, 2.75) is 25.4 Å². The smallest absolute Gasteiger partial charge is 0.192 e. The zero-order chi connectivity index (χ0) is 24.6. The molecular formula is C31H23NO2S2. The van der Waals surface area contributed by atoms with E-state index in [1.807, 2.05) is 35.7 Å². The summed E-state index contributed by atoms with van der Waals surface area (Å²) in [5.41, 5.74) is 6.57. The lowest BCUT2D eigenvalue weighted by Crippen LogP contribution is -2.30. The van der Waals surface area contributed by atoms with E-state index in [9.17, 15) is 9.90 Å². The van der Waals surface area contributed by atoms with Gasteiger partial charge in [0.2, 0.25) is 0 Å². The summed E-state index contributed by atoms with van der Waals surface area (Å²) < 4.78 is 1.07. The number of carbonyl (C=O) groups excluding carboxylic acids is 1. The van der Waals surface area contributed by atoms with Crippen LogP contribution in [0.3, 0.4) is 0 Å². The Labute approximate surface area is 217 Å². The minimum atomic E-state index is -0.903. The predicted molar refractivity (Wildman–Crippen MR) is 150 cm³/mol. The van der Waals surface area contributed by atoms with Crippen molar-refractivity contribution in [2.24, 2.45) is 0 Å². The number of para-hydroxylation sites is 2. The Hall–Kier alpha value is -3.51. The molecule has 1 N–H and O–H groups in total. The second-order valence-corrected chi connectivity index (χ2v) is 11.9. The van der Waals surface area contributed by atoms with E-state index in [4.69, 9.17) is 0 Å². The van der Waals surface area contributed by atoms with Crippen molar-refractivity contribution in [3.05, 3.63) is 117 Å². The summed E-state index contributed by atoms with van der Waals surface area (Å²) in [6.07, 6.45) is 0.959. The number of hydrogen-bond acceptors (Lipinski definition) is 5. The second-order valence-electron chi connectivity index (χ2n) is 9.90. The summed E-state index contributed by atoms with van der Waals surface area (Å²) in [4.78, 5) is 16.5. The van der Waals surface area contributed by atoms with Gasteiger partial charge in [0.25, 0.3) is 0 Å². The molecule has 0 spiro atoms. The Morgan fingerprint density at radius 3 is 2.33 bits per heavy atom. The van der Waals surface area contributed by atoms with Crippen LogP contribution in [0.2, 0.25) is 0 Å². The third-order valence-electron chi connectivity index (χ3n) is 7.49. The number of carbonyl (C=O) groups is 1. The molecule has 2 aliphatic rings. The van der Waals surface area contributed by atoms with Gasteiger partial charge < -0.3 is 10.0 Å². The van der Waals surface area contributed by atoms with Gasteiger partial charge in [-0.3, -0.25) is 4.79 Å². The number of aliphatic hydroxyl groups excluding tert-OH is 1. The predicted octanol–water partition coefficient (Wildman–Crippen LogP) is 8.39. The molecule has 1 atom stereocenters. The van der Waals surface area contributed by atoms with Crippen molar-refractivity contribution < 1.29 is 9.90 Å². The van der Waals surface area contributed by atoms with Crippen molar-refractivity contribution in [2.75, 3.05) is 4.90 Å². The van der Waals surface area contributed by atoms with Crippen molar-refractivity contribution in [3.63, 3.8) is 0 Å². The molecule has 0 amide bonds. The zero-order valence-corrected chi connectivity index (χ0v) is 21.5. The number of hydrogen-bond donors (Lipinski definition) is 1. The van der Waals surface area contributed by atoms with Crippen LogP contribution in [0.1, 0.15) is 51.9 Å². The van der Waals surface area contributed by atoms with Gasteiger partial charge in [0.05, 0.1) is 11.4 Å². The third kappa shape index (κ3) is 3.03. The maximum atomic E-state index is 13.3. The highest BCUT2D eigenvalue weighted by atomic mass is 32.1. The van der Waals surface area contributed by atoms with E-state index < -0.39 is 6.10 Å². The Morgan fingerprint density at radius 1 is 0.917 bits per heavy atom. The summed E-state index contributed by atoms with van der Waals surface area (Å²) >= 11 is 3.24. The maximum absolute atomic E-state index is 13.3. The average molecular weight is 506 g/mol. The maximum Gasteiger partial charge on any atom is 0.192 e. The molecule has 1 aliphatic heterocycles. The highest BCUT2D eigenvalue weighted by molar-refractivity contribution is 7.17. The van der Waals surface area contributed by atoms with Crippen molar-refractivity contribution in [3.8, 4) is 0 Å². The van der Waals surface area contributed by atoms with Crippen LogP contribution < -0.4 is 4.90 Å². The molecule has 5 aromatic rings. The van der Waals surface area contributed by atoms with Crippen LogP contribution in [0, 0.1) is 0 Å². The summed E-state index contributed by atoms with van der Waals surface area (Å²) in [6.45, 7) is 4.56. The van der Waals surface area contributed by atoms with Crippen LogP contribution in [-0.2, 0) is 5.41 Å². The number of nitrogens with zero attached hydrogens (tertiary/aromatic N) is 1. The van der Waals surface area contributed by atoms with Crippen LogP contribution in [0.4, 0.5) is 16.4 Å². The standard InChI is InChI=1S/C31H23NO2S2/c1-31(2)23-7-3-5-9-25(23)32(26-10-6-4-8-24(26)31)28-12-11-19(36-28)16-22-29(33)20-15-18-13-14-35-27(18)17-21(20)30(22)34/h3-17,29,33H,1-2H3/b22-16+. The summed E-state index contributed by atoms with van der Waals surface area (Å²) in [6, 6.07) is 27.2. The molecule has 3 aromatic carbocycles. The first kappa shape index (κ1) is 21.7. The zero-order valence-electron chi connectivity index (χ0n) is 19.9. The minimum Gasteiger partial charge on any atom is -0.383 e. The van der Waals surface area contributed by atoms with Gasteiger partial charge in [-0.2, -0.15) is 0 Å². The molecule has 0 saturated carbocycles. The van der Waals surface area contributed by atoms with Gasteiger partial charge in [0, 0.05) is 26.1 Å². The SMILES string of the molecule is CC1(C)c2ccccc2N(c2ccc(/C=C3/C(=O)c4cc5sccc5cc4C3O)s2)c2ccccc21. The largest absolute Gasteiger partial charge is 0.383 e. The topological polar surface area (TPSA) is 40.5 Å². The molecule has 1 unspecified atom stereocenters. The lowest BCUT2D eigenvalue weighted by Gasteiger charge is -2.41. The van der Waals surface area contributed by atoms with Crippen LogP contribution in [-0.4, -0.2) is 10.9 Å². The number of aliphatic hydroxyl groups is 1. The molecule has 0 radical (unpaired) electrons. The van der Waals surface area contributed by atoms with Gasteiger partial charge >= 0.3 is 0 Å². The number of anilines is 3. The number of fused-ring (bicyclic) bond motifs is 4. The second kappa shape index (κ2) is 7.74. The quantitative estimate of drug-likeness (QED) is 0.245. The first-order valence-corrected chi connectivity index (χ1v) is 13.7. The Bertz CT molecular complexity index is 1670. The molecular weight excluding hydrogens is 482 g/mol. The van der Waals surface area contributed by atoms with Gasteiger partial charge in [0.1, 0.15) is 11.1 Å². The first-order valence-electron chi connectivity index (χ1n) is 12.0. The van der Waals surface area contributed by atoms with Crippen molar-refractivity contribution >= 4 is 61.0 Å². The highest BCUT2D eigenvalue weighted by Crippen LogP contribution is 2.53. The molecule has 0 saturated heterocycles. The minimum absolute atomic E-state index is 0.0850. The van der Waals surface area contributed by atoms with Crippen LogP contribution in [0.25, 0.3) is 16.2 Å². The van der Waals surface area contributed by atoms with E-state index in [0.717, 1.165) is 20.0 Å². The lowest BCUT2D eigenvalue weighted by atomic mass is 9.74. The molecule has 176 valence electrons. The van der Waals surface area contributed by atoms with E-state index in [1.165, 1.54) is 22.5 Å². The Morgan fingerprint density at radius 2 is 1.61 bits per heavy atom. The Kier molecular flexibility index (Phi) is 4.68. The van der Waals surface area contributed by atoms with E-state index in [-0.39, 0.29) is 11.2 Å². The van der Waals surface area contributed by atoms with Gasteiger partial charge in [0.15, 0.2) is 5.78 Å². The van der Waals surface area contributed by atoms with Gasteiger partial charge in [-0.15, -0.1) is 22.7 Å². The first-order chi connectivity index (χ1) is 17.4. The number of benzene rings is 3. The fraction of sp³-hybridized carbons (Fsp3) is 0.129. The molecule has 36 heavy (non-hydrogen) atoms. The molecule has 0 bridgehead atoms. The van der Waals surface area contributed by atoms with Crippen LogP contribution in [0.5, 0.6) is 0 Å². The average Bonchev–Trinajstić information content (AvgIpc) is 3.59. The fourth-order valence-electron chi connectivity index (χ4n) is 5.64. The summed E-state index contributed by atoms with van der Waals surface area (Å²) in [5, 5.41) is 15.2. The highest BCUT2D eigenvalue weighted by Gasteiger charge is 2.37. The van der Waals surface area contributed by atoms with Gasteiger partial charge in [-0.25, -0.2) is 0 Å². The molecule has 3 heterocycles. The van der Waals surface area contributed by atoms with E-state index in [2.05, 4.69) is 73.3 Å². The van der Waals surface area contributed by atoms with E-state index in [1.54, 1.807) is 22.7 Å². The molecule has 0 fully saturated rings. The Balaban J connectivity index is 1.31. The molecule has 7 rings (SSSR count). The number of thiophene rings is 2. The lowest BCUT2D eigenvalue weighted by molar-refractivity contribution is 0.102. The molecule has 2 aromatic heterocycles. The molecule has 1 aliphatic carbocycles. The van der Waals surface area contributed by atoms with Crippen LogP contribution in [0.15, 0.2) is 89.8 Å². The van der Waals surface area contributed by atoms with Crippen molar-refractivity contribution in [1.29, 1.82) is 0 Å². The molecule has 5 heteroatoms. The van der Waals surface area contributed by atoms with Crippen molar-refractivity contribution in [1.82, 2.24) is 0 Å². The fourth-order valence-corrected chi connectivity index (χ4v) is 7.44. The van der Waals surface area contributed by atoms with E-state index >= 15 is 0 Å².